The van der Waals surface area contributed by atoms with Crippen molar-refractivity contribution in [2.45, 2.75) is 26.9 Å². The average Bonchev–Trinajstić information content (AvgIpc) is 2.72. The Morgan fingerprint density at radius 1 is 1.44 bits per heavy atom. The van der Waals surface area contributed by atoms with Crippen LogP contribution in [-0.4, -0.2) is 36.2 Å². The van der Waals surface area contributed by atoms with E-state index in [1.807, 2.05) is 19.2 Å². The van der Waals surface area contributed by atoms with Crippen molar-refractivity contribution in [1.82, 2.24) is 15.1 Å². The Bertz CT molecular complexity index is 411. The number of rotatable bonds is 7. The quantitative estimate of drug-likeness (QED) is 0.756. The van der Waals surface area contributed by atoms with E-state index in [9.17, 15) is 8.42 Å². The van der Waals surface area contributed by atoms with Crippen LogP contribution >= 0.6 is 0 Å². The zero-order valence-electron chi connectivity index (χ0n) is 9.81. The minimum absolute atomic E-state index is 0.159. The van der Waals surface area contributed by atoms with Gasteiger partial charge in [-0.1, -0.05) is 13.8 Å². The molecule has 1 heterocycles. The van der Waals surface area contributed by atoms with E-state index in [4.69, 9.17) is 0 Å². The predicted molar refractivity (Wildman–Crippen MR) is 63.9 cm³/mol. The van der Waals surface area contributed by atoms with E-state index < -0.39 is 9.84 Å². The van der Waals surface area contributed by atoms with Gasteiger partial charge in [-0.2, -0.15) is 5.10 Å². The molecule has 1 N–H and O–H groups in total. The van der Waals surface area contributed by atoms with Crippen molar-refractivity contribution in [2.24, 2.45) is 0 Å². The smallest absolute Gasteiger partial charge is 0.151 e. The first kappa shape index (κ1) is 13.2. The standard InChI is InChI=1S/C10H19N3O2S/c1-3-11-9-10-5-6-13(12-10)7-8-16(14,15)4-2/h5-6,11H,3-4,7-9H2,1-2H3. The molecule has 0 saturated carbocycles. The van der Waals surface area contributed by atoms with Crippen molar-refractivity contribution < 1.29 is 8.42 Å². The lowest BCUT2D eigenvalue weighted by Gasteiger charge is -2.02. The van der Waals surface area contributed by atoms with Gasteiger partial charge in [0.25, 0.3) is 0 Å². The van der Waals surface area contributed by atoms with Gasteiger partial charge in [0.05, 0.1) is 18.0 Å². The lowest BCUT2D eigenvalue weighted by Crippen LogP contribution is -2.16. The van der Waals surface area contributed by atoms with Gasteiger partial charge in [0.2, 0.25) is 0 Å². The van der Waals surface area contributed by atoms with Crippen LogP contribution in [0.4, 0.5) is 0 Å². The minimum atomic E-state index is -2.90. The second kappa shape index (κ2) is 6.00. The van der Waals surface area contributed by atoms with E-state index in [-0.39, 0.29) is 11.5 Å². The van der Waals surface area contributed by atoms with Crippen LogP contribution < -0.4 is 5.32 Å². The van der Waals surface area contributed by atoms with Crippen LogP contribution in [0.25, 0.3) is 0 Å². The molecule has 0 fully saturated rings. The highest BCUT2D eigenvalue weighted by atomic mass is 32.2. The van der Waals surface area contributed by atoms with Crippen LogP contribution in [0.15, 0.2) is 12.3 Å². The summed E-state index contributed by atoms with van der Waals surface area (Å²) >= 11 is 0. The maximum atomic E-state index is 11.3. The molecule has 0 bridgehead atoms. The Labute approximate surface area is 96.8 Å². The molecule has 0 saturated heterocycles. The number of nitrogens with one attached hydrogen (secondary N) is 1. The fourth-order valence-corrected chi connectivity index (χ4v) is 2.01. The van der Waals surface area contributed by atoms with Gasteiger partial charge in [-0.3, -0.25) is 4.68 Å². The highest BCUT2D eigenvalue weighted by Gasteiger charge is 2.07. The summed E-state index contributed by atoms with van der Waals surface area (Å²) in [5, 5.41) is 7.44. The topological polar surface area (TPSA) is 64.0 Å². The fourth-order valence-electron chi connectivity index (χ4n) is 1.25. The molecule has 6 heteroatoms. The van der Waals surface area contributed by atoms with Crippen LogP contribution in [0.2, 0.25) is 0 Å². The van der Waals surface area contributed by atoms with Gasteiger partial charge >= 0.3 is 0 Å². The third kappa shape index (κ3) is 4.32. The molecule has 0 aliphatic heterocycles. The van der Waals surface area contributed by atoms with Crippen LogP contribution in [0, 0.1) is 0 Å². The number of hydrogen-bond acceptors (Lipinski definition) is 4. The van der Waals surface area contributed by atoms with Gasteiger partial charge in [-0.05, 0) is 12.6 Å². The first-order chi connectivity index (χ1) is 7.57. The normalized spacial score (nSPS) is 11.9. The van der Waals surface area contributed by atoms with Gasteiger partial charge in [0.15, 0.2) is 9.84 Å². The fraction of sp³-hybridized carbons (Fsp3) is 0.700. The molecular weight excluding hydrogens is 226 g/mol. The Morgan fingerprint density at radius 3 is 2.81 bits per heavy atom. The maximum absolute atomic E-state index is 11.3. The van der Waals surface area contributed by atoms with E-state index >= 15 is 0 Å². The number of aromatic nitrogens is 2. The van der Waals surface area contributed by atoms with Gasteiger partial charge < -0.3 is 5.32 Å². The minimum Gasteiger partial charge on any atom is -0.311 e. The zero-order chi connectivity index (χ0) is 12.0. The molecule has 0 aliphatic rings. The summed E-state index contributed by atoms with van der Waals surface area (Å²) in [6, 6.07) is 1.90. The molecule has 1 aromatic heterocycles. The molecule has 0 atom stereocenters. The molecule has 16 heavy (non-hydrogen) atoms. The Hall–Kier alpha value is -0.880. The number of sulfone groups is 1. The second-order valence-electron chi connectivity index (χ2n) is 3.59. The molecule has 0 amide bonds. The van der Waals surface area contributed by atoms with Gasteiger partial charge in [0.1, 0.15) is 0 Å². The lowest BCUT2D eigenvalue weighted by atomic mass is 10.4. The van der Waals surface area contributed by atoms with Crippen molar-refractivity contribution in [2.75, 3.05) is 18.1 Å². The predicted octanol–water partition coefficient (Wildman–Crippen LogP) is 0.427. The lowest BCUT2D eigenvalue weighted by molar-refractivity contribution is 0.578. The van der Waals surface area contributed by atoms with Crippen molar-refractivity contribution in [3.63, 3.8) is 0 Å². The van der Waals surface area contributed by atoms with E-state index in [2.05, 4.69) is 10.4 Å². The van der Waals surface area contributed by atoms with Crippen LogP contribution in [0.1, 0.15) is 19.5 Å². The Kier molecular flexibility index (Phi) is 4.95. The van der Waals surface area contributed by atoms with Crippen molar-refractivity contribution in [3.05, 3.63) is 18.0 Å². The molecule has 0 aliphatic carbocycles. The molecular formula is C10H19N3O2S. The van der Waals surface area contributed by atoms with Crippen molar-refractivity contribution in [1.29, 1.82) is 0 Å². The Balaban J connectivity index is 2.46. The highest BCUT2D eigenvalue weighted by molar-refractivity contribution is 7.91. The van der Waals surface area contributed by atoms with Gasteiger partial charge in [-0.15, -0.1) is 0 Å². The molecule has 0 unspecified atom stereocenters. The van der Waals surface area contributed by atoms with Gasteiger partial charge in [-0.25, -0.2) is 8.42 Å². The number of aryl methyl sites for hydroxylation is 1. The number of hydrogen-bond donors (Lipinski definition) is 1. The van der Waals surface area contributed by atoms with Crippen LogP contribution in [-0.2, 0) is 22.9 Å². The summed E-state index contributed by atoms with van der Waals surface area (Å²) in [4.78, 5) is 0. The molecule has 5 nitrogen and oxygen atoms in total. The van der Waals surface area contributed by atoms with E-state index in [1.165, 1.54) is 0 Å². The van der Waals surface area contributed by atoms with Crippen LogP contribution in [0.5, 0.6) is 0 Å². The van der Waals surface area contributed by atoms with Crippen molar-refractivity contribution in [3.8, 4) is 0 Å². The zero-order valence-corrected chi connectivity index (χ0v) is 10.6. The molecule has 92 valence electrons. The summed E-state index contributed by atoms with van der Waals surface area (Å²) in [7, 11) is -2.90. The molecule has 1 aromatic rings. The summed E-state index contributed by atoms with van der Waals surface area (Å²) in [6.07, 6.45) is 1.82. The summed E-state index contributed by atoms with van der Waals surface area (Å²) in [5.41, 5.74) is 0.941. The molecule has 0 radical (unpaired) electrons. The summed E-state index contributed by atoms with van der Waals surface area (Å²) in [6.45, 7) is 5.75. The van der Waals surface area contributed by atoms with E-state index in [0.717, 1.165) is 18.8 Å². The summed E-state index contributed by atoms with van der Waals surface area (Å²) in [5.74, 6) is 0.352. The first-order valence-corrected chi connectivity index (χ1v) is 7.33. The number of nitrogens with zero attached hydrogens (tertiary/aromatic N) is 2. The highest BCUT2D eigenvalue weighted by Crippen LogP contribution is 1.97. The third-order valence-corrected chi connectivity index (χ3v) is 4.01. The molecule has 0 spiro atoms. The SMILES string of the molecule is CCNCc1ccn(CCS(=O)(=O)CC)n1. The first-order valence-electron chi connectivity index (χ1n) is 5.51. The monoisotopic (exact) mass is 245 g/mol. The largest absolute Gasteiger partial charge is 0.311 e. The molecule has 0 aromatic carbocycles. The van der Waals surface area contributed by atoms with Gasteiger partial charge in [0, 0.05) is 18.5 Å². The average molecular weight is 245 g/mol. The Morgan fingerprint density at radius 2 is 2.19 bits per heavy atom. The van der Waals surface area contributed by atoms with E-state index in [0.29, 0.717) is 6.54 Å². The maximum Gasteiger partial charge on any atom is 0.151 e. The van der Waals surface area contributed by atoms with Crippen molar-refractivity contribution >= 4 is 9.84 Å². The second-order valence-corrected chi connectivity index (χ2v) is 6.06. The molecule has 1 rings (SSSR count). The summed E-state index contributed by atoms with van der Waals surface area (Å²) < 4.78 is 24.3. The third-order valence-electron chi connectivity index (χ3n) is 2.32. The van der Waals surface area contributed by atoms with Crippen LogP contribution in [0.3, 0.4) is 0 Å². The van der Waals surface area contributed by atoms with E-state index in [1.54, 1.807) is 11.6 Å².